The number of carbonyl (C=O) groups excluding carboxylic acids is 1. The number of nitrogens with zero attached hydrogens (tertiary/aromatic N) is 1. The van der Waals surface area contributed by atoms with Crippen molar-refractivity contribution in [3.05, 3.63) is 29.3 Å². The van der Waals surface area contributed by atoms with E-state index in [1.807, 2.05) is 29.2 Å². The molecule has 0 saturated carbocycles. The Labute approximate surface area is 124 Å². The average Bonchev–Trinajstić information content (AvgIpc) is 2.53. The third-order valence-electron chi connectivity index (χ3n) is 3.86. The van der Waals surface area contributed by atoms with Gasteiger partial charge in [0, 0.05) is 31.2 Å². The maximum Gasteiger partial charge on any atom is 0.253 e. The number of carbonyl (C=O) groups is 1. The highest BCUT2D eigenvalue weighted by atomic mass is 16.5. The predicted molar refractivity (Wildman–Crippen MR) is 80.5 cm³/mol. The summed E-state index contributed by atoms with van der Waals surface area (Å²) in [5.74, 6) is 1.48. The van der Waals surface area contributed by atoms with E-state index in [9.17, 15) is 4.79 Å². The number of benzene rings is 1. The molecule has 0 aliphatic carbocycles. The first-order valence-electron chi connectivity index (χ1n) is 7.22. The van der Waals surface area contributed by atoms with E-state index >= 15 is 0 Å². The van der Waals surface area contributed by atoms with Crippen molar-refractivity contribution in [2.45, 2.75) is 13.0 Å². The molecule has 2 aliphatic heterocycles. The maximum atomic E-state index is 12.6. The van der Waals surface area contributed by atoms with Crippen LogP contribution >= 0.6 is 0 Å². The van der Waals surface area contributed by atoms with E-state index in [4.69, 9.17) is 9.47 Å². The molecule has 5 heteroatoms. The number of amides is 1. The van der Waals surface area contributed by atoms with Crippen LogP contribution in [0.1, 0.15) is 12.5 Å². The normalized spacial score (nSPS) is 21.1. The molecule has 1 fully saturated rings. The minimum Gasteiger partial charge on any atom is -0.493 e. The minimum atomic E-state index is 0.0665. The first-order chi connectivity index (χ1) is 10.2. The molecule has 0 radical (unpaired) electrons. The zero-order valence-electron chi connectivity index (χ0n) is 12.4. The lowest BCUT2D eigenvalue weighted by atomic mass is 10.1. The number of para-hydroxylation sites is 1. The van der Waals surface area contributed by atoms with Crippen LogP contribution in [0, 0.1) is 0 Å². The summed E-state index contributed by atoms with van der Waals surface area (Å²) in [5.41, 5.74) is 1.59. The van der Waals surface area contributed by atoms with Gasteiger partial charge in [-0.05, 0) is 19.1 Å². The highest BCUT2D eigenvalue weighted by Crippen LogP contribution is 2.35. The summed E-state index contributed by atoms with van der Waals surface area (Å²) in [6, 6.07) is 6.03. The van der Waals surface area contributed by atoms with Gasteiger partial charge in [-0.15, -0.1) is 0 Å². The van der Waals surface area contributed by atoms with E-state index in [0.717, 1.165) is 25.2 Å². The second-order valence-electron chi connectivity index (χ2n) is 5.44. The van der Waals surface area contributed by atoms with Crippen LogP contribution in [0.3, 0.4) is 0 Å². The molecule has 1 amide bonds. The van der Waals surface area contributed by atoms with Gasteiger partial charge in [0.25, 0.3) is 5.91 Å². The van der Waals surface area contributed by atoms with E-state index in [-0.39, 0.29) is 5.91 Å². The van der Waals surface area contributed by atoms with Gasteiger partial charge in [0.1, 0.15) is 6.61 Å². The van der Waals surface area contributed by atoms with Gasteiger partial charge in [-0.1, -0.05) is 12.1 Å². The van der Waals surface area contributed by atoms with E-state index < -0.39 is 0 Å². The Hall–Kier alpha value is -2.01. The molecule has 1 aromatic rings. The summed E-state index contributed by atoms with van der Waals surface area (Å²) in [7, 11) is 1.62. The average molecular weight is 288 g/mol. The fraction of sp³-hybridized carbons (Fsp3) is 0.438. The lowest BCUT2D eigenvalue weighted by Gasteiger charge is -2.33. The van der Waals surface area contributed by atoms with Crippen LogP contribution in [-0.4, -0.2) is 50.2 Å². The SMILES string of the molecule is COc1cccc2c1OCC(C(=O)N1CCNC(C)C1)=C2. The van der Waals surface area contributed by atoms with Crippen LogP contribution in [0.4, 0.5) is 0 Å². The topological polar surface area (TPSA) is 50.8 Å². The maximum absolute atomic E-state index is 12.6. The molecule has 21 heavy (non-hydrogen) atoms. The number of rotatable bonds is 2. The number of hydrogen-bond donors (Lipinski definition) is 1. The summed E-state index contributed by atoms with van der Waals surface area (Å²) in [6.45, 7) is 4.70. The summed E-state index contributed by atoms with van der Waals surface area (Å²) in [6.07, 6.45) is 1.91. The Morgan fingerprint density at radius 3 is 3.10 bits per heavy atom. The van der Waals surface area contributed by atoms with Gasteiger partial charge in [0.15, 0.2) is 11.5 Å². The monoisotopic (exact) mass is 288 g/mol. The highest BCUT2D eigenvalue weighted by molar-refractivity contribution is 5.99. The standard InChI is InChI=1S/C16H20N2O3/c1-11-9-18(7-6-17-11)16(19)13-8-12-4-3-5-14(20-2)15(12)21-10-13/h3-5,8,11,17H,6-7,9-10H2,1-2H3. The molecule has 1 N–H and O–H groups in total. The second kappa shape index (κ2) is 5.77. The molecule has 1 saturated heterocycles. The zero-order chi connectivity index (χ0) is 14.8. The van der Waals surface area contributed by atoms with Crippen LogP contribution in [0.15, 0.2) is 23.8 Å². The predicted octanol–water partition coefficient (Wildman–Crippen LogP) is 1.29. The van der Waals surface area contributed by atoms with E-state index in [0.29, 0.717) is 29.7 Å². The van der Waals surface area contributed by atoms with Gasteiger partial charge in [-0.2, -0.15) is 0 Å². The summed E-state index contributed by atoms with van der Waals surface area (Å²) in [5, 5.41) is 3.34. The Morgan fingerprint density at radius 2 is 2.33 bits per heavy atom. The van der Waals surface area contributed by atoms with Gasteiger partial charge in [0.05, 0.1) is 12.7 Å². The summed E-state index contributed by atoms with van der Waals surface area (Å²) < 4.78 is 11.0. The second-order valence-corrected chi connectivity index (χ2v) is 5.44. The van der Waals surface area contributed by atoms with Crippen molar-refractivity contribution in [3.8, 4) is 11.5 Å². The Balaban J connectivity index is 1.83. The Morgan fingerprint density at radius 1 is 1.48 bits per heavy atom. The minimum absolute atomic E-state index is 0.0665. The van der Waals surface area contributed by atoms with Crippen molar-refractivity contribution < 1.29 is 14.3 Å². The van der Waals surface area contributed by atoms with Crippen molar-refractivity contribution in [1.82, 2.24) is 10.2 Å². The molecule has 112 valence electrons. The molecular weight excluding hydrogens is 268 g/mol. The molecule has 1 unspecified atom stereocenters. The molecule has 3 rings (SSSR count). The molecule has 0 spiro atoms. The van der Waals surface area contributed by atoms with Crippen molar-refractivity contribution in [2.75, 3.05) is 33.4 Å². The number of hydrogen-bond acceptors (Lipinski definition) is 4. The van der Waals surface area contributed by atoms with Crippen LogP contribution in [0.2, 0.25) is 0 Å². The van der Waals surface area contributed by atoms with Gasteiger partial charge in [-0.3, -0.25) is 4.79 Å². The number of ether oxygens (including phenoxy) is 2. The third-order valence-corrected chi connectivity index (χ3v) is 3.86. The van der Waals surface area contributed by atoms with Gasteiger partial charge in [0.2, 0.25) is 0 Å². The lowest BCUT2D eigenvalue weighted by Crippen LogP contribution is -2.52. The molecule has 2 heterocycles. The fourth-order valence-corrected chi connectivity index (χ4v) is 2.78. The van der Waals surface area contributed by atoms with E-state index in [1.54, 1.807) is 7.11 Å². The van der Waals surface area contributed by atoms with Crippen LogP contribution < -0.4 is 14.8 Å². The highest BCUT2D eigenvalue weighted by Gasteiger charge is 2.26. The first-order valence-corrected chi connectivity index (χ1v) is 7.22. The van der Waals surface area contributed by atoms with Gasteiger partial charge in [-0.25, -0.2) is 0 Å². The van der Waals surface area contributed by atoms with Crippen LogP contribution in [0.5, 0.6) is 11.5 Å². The van der Waals surface area contributed by atoms with Crippen molar-refractivity contribution >= 4 is 12.0 Å². The van der Waals surface area contributed by atoms with Crippen molar-refractivity contribution in [3.63, 3.8) is 0 Å². The molecule has 0 bridgehead atoms. The van der Waals surface area contributed by atoms with E-state index in [1.165, 1.54) is 0 Å². The molecule has 2 aliphatic rings. The molecule has 5 nitrogen and oxygen atoms in total. The van der Waals surface area contributed by atoms with Crippen molar-refractivity contribution in [2.24, 2.45) is 0 Å². The number of fused-ring (bicyclic) bond motifs is 1. The Bertz CT molecular complexity index is 583. The molecule has 0 aromatic heterocycles. The molecule has 1 atom stereocenters. The lowest BCUT2D eigenvalue weighted by molar-refractivity contribution is -0.128. The summed E-state index contributed by atoms with van der Waals surface area (Å²) >= 11 is 0. The van der Waals surface area contributed by atoms with Crippen LogP contribution in [-0.2, 0) is 4.79 Å². The molecular formula is C16H20N2O3. The van der Waals surface area contributed by atoms with Gasteiger partial charge >= 0.3 is 0 Å². The van der Waals surface area contributed by atoms with Gasteiger partial charge < -0.3 is 19.7 Å². The summed E-state index contributed by atoms with van der Waals surface area (Å²) in [4.78, 5) is 14.5. The van der Waals surface area contributed by atoms with Crippen LogP contribution in [0.25, 0.3) is 6.08 Å². The van der Waals surface area contributed by atoms with E-state index in [2.05, 4.69) is 12.2 Å². The van der Waals surface area contributed by atoms with Crippen molar-refractivity contribution in [1.29, 1.82) is 0 Å². The fourth-order valence-electron chi connectivity index (χ4n) is 2.78. The number of methoxy groups -OCH3 is 1. The zero-order valence-corrected chi connectivity index (χ0v) is 12.4. The number of nitrogens with one attached hydrogen (secondary N) is 1. The number of piperazine rings is 1. The molecule has 1 aromatic carbocycles. The largest absolute Gasteiger partial charge is 0.493 e. The quantitative estimate of drug-likeness (QED) is 0.891. The third kappa shape index (κ3) is 2.74. The first kappa shape index (κ1) is 13.9. The Kier molecular flexibility index (Phi) is 3.84. The smallest absolute Gasteiger partial charge is 0.253 e.